The fourth-order valence-corrected chi connectivity index (χ4v) is 3.36. The van der Waals surface area contributed by atoms with Crippen molar-refractivity contribution in [2.24, 2.45) is 5.92 Å². The van der Waals surface area contributed by atoms with Gasteiger partial charge in [0.25, 0.3) is 0 Å². The van der Waals surface area contributed by atoms with Gasteiger partial charge in [0.1, 0.15) is 5.82 Å². The molecule has 84 valence electrons. The molecule has 0 radical (unpaired) electrons. The van der Waals surface area contributed by atoms with Crippen molar-refractivity contribution >= 4 is 11.8 Å². The molecule has 1 fully saturated rings. The standard InChI is InChI=1S/C13H14FNS/c14-11-5-7-12(8-6-11)16-13-4-2-1-3-10(13)9-15/h5-8,10,13H,1-4H2. The van der Waals surface area contributed by atoms with E-state index in [2.05, 4.69) is 6.07 Å². The largest absolute Gasteiger partial charge is 0.207 e. The Morgan fingerprint density at radius 2 is 1.88 bits per heavy atom. The van der Waals surface area contributed by atoms with Crippen LogP contribution < -0.4 is 0 Å². The summed E-state index contributed by atoms with van der Waals surface area (Å²) >= 11 is 1.72. The number of nitrogens with zero attached hydrogens (tertiary/aromatic N) is 1. The van der Waals surface area contributed by atoms with E-state index in [-0.39, 0.29) is 11.7 Å². The lowest BCUT2D eigenvalue weighted by Gasteiger charge is -2.26. The van der Waals surface area contributed by atoms with Crippen LogP contribution in [0.3, 0.4) is 0 Å². The minimum Gasteiger partial charge on any atom is -0.207 e. The van der Waals surface area contributed by atoms with Crippen LogP contribution in [0.5, 0.6) is 0 Å². The van der Waals surface area contributed by atoms with E-state index in [1.54, 1.807) is 23.9 Å². The topological polar surface area (TPSA) is 23.8 Å². The molecule has 0 bridgehead atoms. The third-order valence-electron chi connectivity index (χ3n) is 2.97. The van der Waals surface area contributed by atoms with Crippen molar-refractivity contribution < 1.29 is 4.39 Å². The molecule has 16 heavy (non-hydrogen) atoms. The molecule has 0 amide bonds. The number of thioether (sulfide) groups is 1. The number of hydrogen-bond donors (Lipinski definition) is 0. The number of hydrogen-bond acceptors (Lipinski definition) is 2. The van der Waals surface area contributed by atoms with Gasteiger partial charge in [-0.15, -0.1) is 11.8 Å². The summed E-state index contributed by atoms with van der Waals surface area (Å²) in [6, 6.07) is 8.94. The fraction of sp³-hybridized carbons (Fsp3) is 0.462. The van der Waals surface area contributed by atoms with Crippen LogP contribution in [0.2, 0.25) is 0 Å². The summed E-state index contributed by atoms with van der Waals surface area (Å²) in [4.78, 5) is 1.06. The van der Waals surface area contributed by atoms with E-state index in [0.717, 1.165) is 17.7 Å². The maximum atomic E-state index is 12.7. The predicted molar refractivity (Wildman–Crippen MR) is 63.6 cm³/mol. The number of halogens is 1. The first-order valence-electron chi connectivity index (χ1n) is 5.61. The molecule has 1 aliphatic carbocycles. The van der Waals surface area contributed by atoms with E-state index in [4.69, 9.17) is 5.26 Å². The van der Waals surface area contributed by atoms with Crippen LogP contribution in [0.4, 0.5) is 4.39 Å². The Morgan fingerprint density at radius 1 is 1.19 bits per heavy atom. The number of rotatable bonds is 2. The van der Waals surface area contributed by atoms with Gasteiger partial charge in [-0.3, -0.25) is 0 Å². The molecule has 1 nitrogen and oxygen atoms in total. The second-order valence-corrected chi connectivity index (χ2v) is 5.44. The third-order valence-corrected chi connectivity index (χ3v) is 4.38. The second-order valence-electron chi connectivity index (χ2n) is 4.13. The molecule has 1 saturated carbocycles. The molecular formula is C13H14FNS. The highest BCUT2D eigenvalue weighted by atomic mass is 32.2. The monoisotopic (exact) mass is 235 g/mol. The summed E-state index contributed by atoms with van der Waals surface area (Å²) in [6.07, 6.45) is 4.48. The molecule has 0 spiro atoms. The van der Waals surface area contributed by atoms with E-state index >= 15 is 0 Å². The molecule has 1 aromatic carbocycles. The lowest BCUT2D eigenvalue weighted by Crippen LogP contribution is -2.20. The normalized spacial score (nSPS) is 25.0. The summed E-state index contributed by atoms with van der Waals surface area (Å²) in [6.45, 7) is 0. The molecular weight excluding hydrogens is 221 g/mol. The zero-order valence-electron chi connectivity index (χ0n) is 9.03. The van der Waals surface area contributed by atoms with Gasteiger partial charge in [0.2, 0.25) is 0 Å². The number of benzene rings is 1. The molecule has 0 N–H and O–H groups in total. The SMILES string of the molecule is N#CC1CCCCC1Sc1ccc(F)cc1. The lowest BCUT2D eigenvalue weighted by molar-refractivity contribution is 0.439. The highest BCUT2D eigenvalue weighted by Gasteiger charge is 2.25. The Balaban J connectivity index is 2.02. The predicted octanol–water partition coefficient (Wildman–Crippen LogP) is 4.00. The van der Waals surface area contributed by atoms with Gasteiger partial charge in [-0.2, -0.15) is 5.26 Å². The van der Waals surface area contributed by atoms with Crippen molar-refractivity contribution in [1.29, 1.82) is 5.26 Å². The van der Waals surface area contributed by atoms with E-state index in [9.17, 15) is 4.39 Å². The summed E-state index contributed by atoms with van der Waals surface area (Å²) in [5.41, 5.74) is 0. The molecule has 2 rings (SSSR count). The molecule has 2 unspecified atom stereocenters. The quantitative estimate of drug-likeness (QED) is 0.773. The van der Waals surface area contributed by atoms with Gasteiger partial charge in [0, 0.05) is 10.1 Å². The zero-order valence-corrected chi connectivity index (χ0v) is 9.84. The highest BCUT2D eigenvalue weighted by molar-refractivity contribution is 8.00. The number of nitriles is 1. The van der Waals surface area contributed by atoms with Gasteiger partial charge in [-0.05, 0) is 37.1 Å². The van der Waals surface area contributed by atoms with Crippen molar-refractivity contribution in [2.75, 3.05) is 0 Å². The Morgan fingerprint density at radius 3 is 2.56 bits per heavy atom. The van der Waals surface area contributed by atoms with Crippen molar-refractivity contribution in [2.45, 2.75) is 35.8 Å². The van der Waals surface area contributed by atoms with Crippen LogP contribution >= 0.6 is 11.8 Å². The second kappa shape index (κ2) is 5.36. The van der Waals surface area contributed by atoms with Crippen molar-refractivity contribution in [1.82, 2.24) is 0 Å². The van der Waals surface area contributed by atoms with Gasteiger partial charge in [-0.1, -0.05) is 12.8 Å². The van der Waals surface area contributed by atoms with E-state index < -0.39 is 0 Å². The maximum absolute atomic E-state index is 12.7. The first-order chi connectivity index (χ1) is 7.79. The molecule has 0 saturated heterocycles. The minimum atomic E-state index is -0.204. The van der Waals surface area contributed by atoms with Crippen LogP contribution in [0.25, 0.3) is 0 Å². The van der Waals surface area contributed by atoms with Crippen molar-refractivity contribution in [3.8, 4) is 6.07 Å². The first kappa shape index (κ1) is 11.5. The van der Waals surface area contributed by atoms with Crippen LogP contribution in [0, 0.1) is 23.1 Å². The fourth-order valence-electron chi connectivity index (χ4n) is 2.07. The molecule has 0 aromatic heterocycles. The first-order valence-corrected chi connectivity index (χ1v) is 6.49. The smallest absolute Gasteiger partial charge is 0.123 e. The van der Waals surface area contributed by atoms with Crippen molar-refractivity contribution in [3.05, 3.63) is 30.1 Å². The molecule has 3 heteroatoms. The molecule has 1 aliphatic rings. The van der Waals surface area contributed by atoms with Crippen LogP contribution in [0.1, 0.15) is 25.7 Å². The average molecular weight is 235 g/mol. The third kappa shape index (κ3) is 2.76. The van der Waals surface area contributed by atoms with E-state index in [1.807, 2.05) is 0 Å². The zero-order chi connectivity index (χ0) is 11.4. The van der Waals surface area contributed by atoms with Gasteiger partial charge < -0.3 is 0 Å². The summed E-state index contributed by atoms with van der Waals surface area (Å²) in [5, 5.41) is 9.44. The summed E-state index contributed by atoms with van der Waals surface area (Å²) in [7, 11) is 0. The molecule has 2 atom stereocenters. The van der Waals surface area contributed by atoms with E-state index in [1.165, 1.54) is 25.0 Å². The molecule has 1 aromatic rings. The van der Waals surface area contributed by atoms with Gasteiger partial charge in [-0.25, -0.2) is 4.39 Å². The molecule has 0 aliphatic heterocycles. The Kier molecular flexibility index (Phi) is 3.84. The lowest BCUT2D eigenvalue weighted by atomic mass is 9.90. The van der Waals surface area contributed by atoms with E-state index in [0.29, 0.717) is 5.25 Å². The minimum absolute atomic E-state index is 0.156. The molecule has 0 heterocycles. The van der Waals surface area contributed by atoms with Crippen LogP contribution in [0.15, 0.2) is 29.2 Å². The Hall–Kier alpha value is -1.01. The maximum Gasteiger partial charge on any atom is 0.123 e. The van der Waals surface area contributed by atoms with Gasteiger partial charge >= 0.3 is 0 Å². The summed E-state index contributed by atoms with van der Waals surface area (Å²) < 4.78 is 12.7. The Bertz CT molecular complexity index is 382. The highest BCUT2D eigenvalue weighted by Crippen LogP contribution is 2.37. The Labute approximate surface area is 99.7 Å². The van der Waals surface area contributed by atoms with Crippen LogP contribution in [-0.4, -0.2) is 5.25 Å². The van der Waals surface area contributed by atoms with Crippen molar-refractivity contribution in [3.63, 3.8) is 0 Å². The van der Waals surface area contributed by atoms with Crippen LogP contribution in [-0.2, 0) is 0 Å². The average Bonchev–Trinajstić information content (AvgIpc) is 2.33. The van der Waals surface area contributed by atoms with Gasteiger partial charge in [0.15, 0.2) is 0 Å². The van der Waals surface area contributed by atoms with Gasteiger partial charge in [0.05, 0.1) is 12.0 Å². The summed E-state index contributed by atoms with van der Waals surface area (Å²) in [5.74, 6) is -0.0476.